The maximum absolute atomic E-state index is 6.24. The fourth-order valence-corrected chi connectivity index (χ4v) is 3.58. The third-order valence-corrected chi connectivity index (χ3v) is 5.10. The fraction of sp³-hybridized carbons (Fsp3) is 0.190. The first-order valence-corrected chi connectivity index (χ1v) is 9.91. The first kappa shape index (κ1) is 18.7. The zero-order chi connectivity index (χ0) is 19.3. The molecule has 28 heavy (non-hydrogen) atoms. The fourth-order valence-electron chi connectivity index (χ4n) is 3.24. The number of thiocarbonyl (C=S) groups is 1. The molecule has 0 unspecified atom stereocenters. The van der Waals surface area contributed by atoms with Crippen molar-refractivity contribution in [2.75, 3.05) is 16.8 Å². The molecule has 2 heterocycles. The number of fused-ring (bicyclic) bond motifs is 1. The van der Waals surface area contributed by atoms with Crippen molar-refractivity contribution in [3.63, 3.8) is 0 Å². The lowest BCUT2D eigenvalue weighted by atomic mass is 10.00. The van der Waals surface area contributed by atoms with Gasteiger partial charge in [-0.3, -0.25) is 0 Å². The number of anilines is 2. The number of nitrogens with zero attached hydrogens (tertiary/aromatic N) is 3. The van der Waals surface area contributed by atoms with Gasteiger partial charge in [0.05, 0.1) is 0 Å². The summed E-state index contributed by atoms with van der Waals surface area (Å²) >= 11 is 11.6. The SMILES string of the molecule is S=C(NCc1ccccc1)Nc1nc(Cl)cc(N2CCc3ccccc3C2)n1. The second-order valence-electron chi connectivity index (χ2n) is 6.61. The summed E-state index contributed by atoms with van der Waals surface area (Å²) in [6, 6.07) is 20.3. The first-order valence-electron chi connectivity index (χ1n) is 9.12. The van der Waals surface area contributed by atoms with Crippen molar-refractivity contribution in [3.05, 3.63) is 82.5 Å². The molecule has 0 atom stereocenters. The van der Waals surface area contributed by atoms with Crippen LogP contribution < -0.4 is 15.5 Å². The number of hydrogen-bond donors (Lipinski definition) is 2. The highest BCUT2D eigenvalue weighted by molar-refractivity contribution is 7.80. The van der Waals surface area contributed by atoms with E-state index in [4.69, 9.17) is 23.8 Å². The molecular weight excluding hydrogens is 390 g/mol. The van der Waals surface area contributed by atoms with Crippen LogP contribution in [0.15, 0.2) is 60.7 Å². The van der Waals surface area contributed by atoms with Gasteiger partial charge in [-0.2, -0.15) is 4.98 Å². The molecule has 0 radical (unpaired) electrons. The maximum atomic E-state index is 6.24. The van der Waals surface area contributed by atoms with Crippen LogP contribution >= 0.6 is 23.8 Å². The third kappa shape index (κ3) is 4.58. The van der Waals surface area contributed by atoms with E-state index in [9.17, 15) is 0 Å². The third-order valence-electron chi connectivity index (χ3n) is 4.66. The minimum absolute atomic E-state index is 0.386. The highest BCUT2D eigenvalue weighted by Gasteiger charge is 2.18. The van der Waals surface area contributed by atoms with E-state index in [0.29, 0.717) is 22.8 Å². The Hall–Kier alpha value is -2.70. The molecule has 4 rings (SSSR count). The van der Waals surface area contributed by atoms with E-state index in [-0.39, 0.29) is 0 Å². The van der Waals surface area contributed by atoms with Gasteiger partial charge in [0.25, 0.3) is 0 Å². The lowest BCUT2D eigenvalue weighted by Gasteiger charge is -2.30. The van der Waals surface area contributed by atoms with Crippen LogP contribution in [0.25, 0.3) is 0 Å². The zero-order valence-electron chi connectivity index (χ0n) is 15.2. The van der Waals surface area contributed by atoms with Gasteiger partial charge in [0.15, 0.2) is 5.11 Å². The summed E-state index contributed by atoms with van der Waals surface area (Å²) in [4.78, 5) is 11.1. The Morgan fingerprint density at radius 2 is 1.79 bits per heavy atom. The maximum Gasteiger partial charge on any atom is 0.232 e. The summed E-state index contributed by atoms with van der Waals surface area (Å²) in [5.41, 5.74) is 3.85. The van der Waals surface area contributed by atoms with Crippen LogP contribution in [-0.2, 0) is 19.5 Å². The van der Waals surface area contributed by atoms with E-state index < -0.39 is 0 Å². The van der Waals surface area contributed by atoms with E-state index in [1.807, 2.05) is 30.3 Å². The highest BCUT2D eigenvalue weighted by Crippen LogP contribution is 2.25. The number of halogens is 1. The molecule has 1 aliphatic heterocycles. The Morgan fingerprint density at radius 3 is 2.61 bits per heavy atom. The lowest BCUT2D eigenvalue weighted by molar-refractivity contribution is 0.720. The minimum Gasteiger partial charge on any atom is -0.358 e. The first-order chi connectivity index (χ1) is 13.7. The van der Waals surface area contributed by atoms with Gasteiger partial charge >= 0.3 is 0 Å². The van der Waals surface area contributed by atoms with Crippen molar-refractivity contribution in [1.82, 2.24) is 15.3 Å². The van der Waals surface area contributed by atoms with Gasteiger partial charge in [-0.1, -0.05) is 66.2 Å². The van der Waals surface area contributed by atoms with E-state index in [0.717, 1.165) is 30.9 Å². The van der Waals surface area contributed by atoms with Crippen LogP contribution in [0.4, 0.5) is 11.8 Å². The average molecular weight is 410 g/mol. The molecule has 3 aromatic rings. The summed E-state index contributed by atoms with van der Waals surface area (Å²) in [7, 11) is 0. The Balaban J connectivity index is 1.43. The van der Waals surface area contributed by atoms with Crippen molar-refractivity contribution >= 4 is 40.7 Å². The van der Waals surface area contributed by atoms with E-state index in [2.05, 4.69) is 49.8 Å². The lowest BCUT2D eigenvalue weighted by Crippen LogP contribution is -2.32. The van der Waals surface area contributed by atoms with Gasteiger partial charge in [-0.05, 0) is 35.3 Å². The van der Waals surface area contributed by atoms with Crippen molar-refractivity contribution < 1.29 is 0 Å². The van der Waals surface area contributed by atoms with E-state index in [1.165, 1.54) is 11.1 Å². The second kappa shape index (κ2) is 8.54. The largest absolute Gasteiger partial charge is 0.358 e. The normalized spacial score (nSPS) is 13.0. The molecule has 0 fully saturated rings. The molecule has 0 amide bonds. The van der Waals surface area contributed by atoms with Crippen LogP contribution in [0, 0.1) is 0 Å². The molecular formula is C21H20ClN5S. The Bertz CT molecular complexity index is 980. The van der Waals surface area contributed by atoms with E-state index >= 15 is 0 Å². The molecule has 0 saturated heterocycles. The quantitative estimate of drug-likeness (QED) is 0.498. The standard InChI is InChI=1S/C21H20ClN5S/c22-18-12-19(27-11-10-16-8-4-5-9-17(16)14-27)25-20(24-18)26-21(28)23-13-15-6-2-1-3-7-15/h1-9,12H,10-11,13-14H2,(H2,23,24,25,26,28). The number of nitrogens with one attached hydrogen (secondary N) is 2. The van der Waals surface area contributed by atoms with Gasteiger partial charge in [0, 0.05) is 25.7 Å². The highest BCUT2D eigenvalue weighted by atomic mass is 35.5. The van der Waals surface area contributed by atoms with Crippen molar-refractivity contribution in [1.29, 1.82) is 0 Å². The van der Waals surface area contributed by atoms with Crippen LogP contribution in [0.3, 0.4) is 0 Å². The molecule has 1 aliphatic rings. The van der Waals surface area contributed by atoms with Gasteiger partial charge in [-0.15, -0.1) is 0 Å². The average Bonchev–Trinajstić information content (AvgIpc) is 2.72. The number of aromatic nitrogens is 2. The molecule has 5 nitrogen and oxygen atoms in total. The van der Waals surface area contributed by atoms with Crippen molar-refractivity contribution in [2.24, 2.45) is 0 Å². The summed E-state index contributed by atoms with van der Waals surface area (Å²) in [5.74, 6) is 1.19. The molecule has 2 N–H and O–H groups in total. The van der Waals surface area contributed by atoms with Gasteiger partial charge in [0.1, 0.15) is 11.0 Å². The zero-order valence-corrected chi connectivity index (χ0v) is 16.8. The summed E-state index contributed by atoms with van der Waals surface area (Å²) in [6.45, 7) is 2.32. The van der Waals surface area contributed by atoms with Gasteiger partial charge < -0.3 is 15.5 Å². The second-order valence-corrected chi connectivity index (χ2v) is 7.40. The predicted octanol–water partition coefficient (Wildman–Crippen LogP) is 4.18. The number of rotatable bonds is 4. The molecule has 0 spiro atoms. The molecule has 0 aliphatic carbocycles. The smallest absolute Gasteiger partial charge is 0.232 e. The Morgan fingerprint density at radius 1 is 1.04 bits per heavy atom. The molecule has 2 aromatic carbocycles. The summed E-state index contributed by atoms with van der Waals surface area (Å²) < 4.78 is 0. The predicted molar refractivity (Wildman–Crippen MR) is 118 cm³/mol. The molecule has 0 saturated carbocycles. The minimum atomic E-state index is 0.386. The van der Waals surface area contributed by atoms with Crippen LogP contribution in [0.1, 0.15) is 16.7 Å². The number of hydrogen-bond acceptors (Lipinski definition) is 4. The Labute approximate surface area is 174 Å². The van der Waals surface area contributed by atoms with Gasteiger partial charge in [-0.25, -0.2) is 4.98 Å². The molecule has 142 valence electrons. The monoisotopic (exact) mass is 409 g/mol. The molecule has 0 bridgehead atoms. The molecule has 7 heteroatoms. The summed E-state index contributed by atoms with van der Waals surface area (Å²) in [6.07, 6.45) is 0.984. The van der Waals surface area contributed by atoms with Crippen LogP contribution in [0.5, 0.6) is 0 Å². The number of benzene rings is 2. The van der Waals surface area contributed by atoms with Crippen LogP contribution in [0.2, 0.25) is 5.15 Å². The molecule has 1 aromatic heterocycles. The summed E-state index contributed by atoms with van der Waals surface area (Å²) in [5, 5.41) is 7.05. The van der Waals surface area contributed by atoms with E-state index in [1.54, 1.807) is 6.07 Å². The Kier molecular flexibility index (Phi) is 5.69. The van der Waals surface area contributed by atoms with Gasteiger partial charge in [0.2, 0.25) is 5.95 Å². The topological polar surface area (TPSA) is 53.1 Å². The van der Waals surface area contributed by atoms with Crippen LogP contribution in [-0.4, -0.2) is 21.6 Å². The van der Waals surface area contributed by atoms with Crippen molar-refractivity contribution in [2.45, 2.75) is 19.5 Å². The van der Waals surface area contributed by atoms with Crippen molar-refractivity contribution in [3.8, 4) is 0 Å².